The maximum atomic E-state index is 6.06. The second-order valence-corrected chi connectivity index (χ2v) is 6.32. The van der Waals surface area contributed by atoms with Crippen LogP contribution >= 0.6 is 11.8 Å². The van der Waals surface area contributed by atoms with Crippen molar-refractivity contribution in [3.05, 3.63) is 29.8 Å². The Labute approximate surface area is 113 Å². The second kappa shape index (κ2) is 5.54. The van der Waals surface area contributed by atoms with Gasteiger partial charge in [0.05, 0.1) is 0 Å². The fourth-order valence-corrected chi connectivity index (χ4v) is 4.49. The van der Waals surface area contributed by atoms with Crippen LogP contribution in [0.15, 0.2) is 24.3 Å². The van der Waals surface area contributed by atoms with Crippen molar-refractivity contribution >= 4 is 11.8 Å². The third-order valence-electron chi connectivity index (χ3n) is 3.94. The molecule has 3 atom stereocenters. The average molecular weight is 263 g/mol. The Morgan fingerprint density at radius 3 is 3.06 bits per heavy atom. The second-order valence-electron chi connectivity index (χ2n) is 5.25. The van der Waals surface area contributed by atoms with Gasteiger partial charge in [-0.1, -0.05) is 25.1 Å². The summed E-state index contributed by atoms with van der Waals surface area (Å²) in [5.41, 5.74) is 1.38. The largest absolute Gasteiger partial charge is 0.490 e. The van der Waals surface area contributed by atoms with Crippen molar-refractivity contribution in [1.29, 1.82) is 0 Å². The normalized spacial score (nSPS) is 30.2. The van der Waals surface area contributed by atoms with Crippen molar-refractivity contribution in [2.75, 3.05) is 18.1 Å². The summed E-state index contributed by atoms with van der Waals surface area (Å²) in [6, 6.07) is 9.15. The van der Waals surface area contributed by atoms with Gasteiger partial charge in [0.2, 0.25) is 0 Å². The zero-order valence-electron chi connectivity index (χ0n) is 10.9. The van der Waals surface area contributed by atoms with E-state index >= 15 is 0 Å². The number of nitrogens with one attached hydrogen (secondary N) is 1. The van der Waals surface area contributed by atoms with Gasteiger partial charge in [-0.15, -0.1) is 0 Å². The molecule has 1 N–H and O–H groups in total. The first-order chi connectivity index (χ1) is 8.86. The Balaban J connectivity index is 1.59. The molecule has 0 spiro atoms. The minimum Gasteiger partial charge on any atom is -0.490 e. The molecule has 2 aliphatic heterocycles. The molecule has 98 valence electrons. The number of hydrogen-bond acceptors (Lipinski definition) is 3. The molecule has 2 nitrogen and oxygen atoms in total. The molecule has 0 aromatic heterocycles. The minimum absolute atomic E-state index is 0.396. The first-order valence-electron chi connectivity index (χ1n) is 6.92. The molecule has 0 amide bonds. The predicted molar refractivity (Wildman–Crippen MR) is 77.5 cm³/mol. The van der Waals surface area contributed by atoms with Crippen molar-refractivity contribution in [2.45, 2.75) is 31.9 Å². The third-order valence-corrected chi connectivity index (χ3v) is 5.20. The van der Waals surface area contributed by atoms with Crippen LogP contribution in [0.2, 0.25) is 0 Å². The Bertz CT molecular complexity index is 384. The molecule has 0 aliphatic carbocycles. The first-order valence-corrected chi connectivity index (χ1v) is 8.08. The van der Waals surface area contributed by atoms with E-state index in [0.29, 0.717) is 12.1 Å². The van der Waals surface area contributed by atoms with E-state index in [1.165, 1.54) is 23.5 Å². The smallest absolute Gasteiger partial charge is 0.123 e. The van der Waals surface area contributed by atoms with Crippen LogP contribution in [-0.2, 0) is 6.42 Å². The van der Waals surface area contributed by atoms with Gasteiger partial charge >= 0.3 is 0 Å². The van der Waals surface area contributed by atoms with Crippen LogP contribution in [0, 0.1) is 5.92 Å². The highest BCUT2D eigenvalue weighted by Gasteiger charge is 2.32. The number of rotatable bonds is 4. The highest BCUT2D eigenvalue weighted by molar-refractivity contribution is 7.99. The molecular formula is C15H21NOS. The Kier molecular flexibility index (Phi) is 3.80. The Morgan fingerprint density at radius 1 is 1.33 bits per heavy atom. The number of fused-ring (bicyclic) bond motifs is 1. The fraction of sp³-hybridized carbons (Fsp3) is 0.600. The topological polar surface area (TPSA) is 21.3 Å². The number of benzene rings is 1. The lowest BCUT2D eigenvalue weighted by molar-refractivity contribution is 0.189. The van der Waals surface area contributed by atoms with Crippen LogP contribution in [0.5, 0.6) is 5.75 Å². The highest BCUT2D eigenvalue weighted by Crippen LogP contribution is 2.34. The zero-order chi connectivity index (χ0) is 12.4. The van der Waals surface area contributed by atoms with Gasteiger partial charge in [-0.3, -0.25) is 0 Å². The zero-order valence-corrected chi connectivity index (χ0v) is 11.7. The third kappa shape index (κ3) is 2.52. The van der Waals surface area contributed by atoms with E-state index in [1.807, 2.05) is 0 Å². The van der Waals surface area contributed by atoms with Gasteiger partial charge in [0, 0.05) is 18.2 Å². The lowest BCUT2D eigenvalue weighted by Crippen LogP contribution is -2.37. The molecule has 0 bridgehead atoms. The van der Waals surface area contributed by atoms with E-state index < -0.39 is 0 Å². The van der Waals surface area contributed by atoms with Crippen molar-refractivity contribution in [3.63, 3.8) is 0 Å². The summed E-state index contributed by atoms with van der Waals surface area (Å²) < 4.78 is 6.06. The summed E-state index contributed by atoms with van der Waals surface area (Å²) >= 11 is 2.08. The van der Waals surface area contributed by atoms with Crippen molar-refractivity contribution in [3.8, 4) is 5.75 Å². The lowest BCUT2D eigenvalue weighted by atomic mass is 9.94. The molecule has 0 saturated carbocycles. The molecule has 1 fully saturated rings. The molecule has 1 aromatic carbocycles. The van der Waals surface area contributed by atoms with Crippen LogP contribution in [0.25, 0.3) is 0 Å². The summed E-state index contributed by atoms with van der Waals surface area (Å²) in [5, 5.41) is 3.61. The molecule has 18 heavy (non-hydrogen) atoms. The monoisotopic (exact) mass is 263 g/mol. The summed E-state index contributed by atoms with van der Waals surface area (Å²) in [6.45, 7) is 3.27. The van der Waals surface area contributed by atoms with Gasteiger partial charge in [0.15, 0.2) is 0 Å². The maximum absolute atomic E-state index is 6.06. The molecule has 0 radical (unpaired) electrons. The molecule has 1 aromatic rings. The number of hydrogen-bond donors (Lipinski definition) is 1. The van der Waals surface area contributed by atoms with Crippen molar-refractivity contribution in [1.82, 2.24) is 5.32 Å². The lowest BCUT2D eigenvalue weighted by Gasteiger charge is -2.22. The maximum Gasteiger partial charge on any atom is 0.123 e. The molecule has 2 heterocycles. The number of para-hydroxylation sites is 1. The average Bonchev–Trinajstić information content (AvgIpc) is 2.97. The highest BCUT2D eigenvalue weighted by atomic mass is 32.2. The van der Waals surface area contributed by atoms with Crippen LogP contribution in [0.1, 0.15) is 18.9 Å². The van der Waals surface area contributed by atoms with Gasteiger partial charge in [-0.25, -0.2) is 0 Å². The van der Waals surface area contributed by atoms with E-state index in [-0.39, 0.29) is 0 Å². The summed E-state index contributed by atoms with van der Waals surface area (Å²) in [6.07, 6.45) is 2.68. The number of ether oxygens (including phenoxy) is 1. The summed E-state index contributed by atoms with van der Waals surface area (Å²) in [4.78, 5) is 0. The Morgan fingerprint density at radius 2 is 2.22 bits per heavy atom. The number of thioether (sulfide) groups is 1. The summed E-state index contributed by atoms with van der Waals surface area (Å²) in [5.74, 6) is 4.42. The van der Waals surface area contributed by atoms with Crippen LogP contribution in [0.3, 0.4) is 0 Å². The van der Waals surface area contributed by atoms with Gasteiger partial charge in [0.1, 0.15) is 11.9 Å². The van der Waals surface area contributed by atoms with E-state index in [0.717, 1.165) is 24.6 Å². The standard InChI is InChI=1S/C15H21NOS/c1-2-16-14-10-18-9-12(14)8-13-7-11-5-3-4-6-15(11)17-13/h3-6,12-14,16H,2,7-10H2,1H3. The molecule has 3 rings (SSSR count). The molecule has 3 unspecified atom stereocenters. The van der Waals surface area contributed by atoms with Crippen LogP contribution in [0.4, 0.5) is 0 Å². The van der Waals surface area contributed by atoms with E-state index in [1.54, 1.807) is 0 Å². The first kappa shape index (κ1) is 12.4. The van der Waals surface area contributed by atoms with Gasteiger partial charge in [-0.05, 0) is 36.3 Å². The van der Waals surface area contributed by atoms with Crippen LogP contribution < -0.4 is 10.1 Å². The van der Waals surface area contributed by atoms with E-state index in [4.69, 9.17) is 4.74 Å². The Hall–Kier alpha value is -0.670. The molecule has 1 saturated heterocycles. The van der Waals surface area contributed by atoms with Gasteiger partial charge in [-0.2, -0.15) is 11.8 Å². The molecular weight excluding hydrogens is 242 g/mol. The quantitative estimate of drug-likeness (QED) is 0.902. The summed E-state index contributed by atoms with van der Waals surface area (Å²) in [7, 11) is 0. The van der Waals surface area contributed by atoms with Crippen LogP contribution in [-0.4, -0.2) is 30.2 Å². The van der Waals surface area contributed by atoms with Gasteiger partial charge < -0.3 is 10.1 Å². The fourth-order valence-electron chi connectivity index (χ4n) is 3.04. The SMILES string of the molecule is CCNC1CSCC1CC1Cc2ccccc2O1. The molecule has 2 aliphatic rings. The van der Waals surface area contributed by atoms with Crippen molar-refractivity contribution in [2.24, 2.45) is 5.92 Å². The molecule has 3 heteroatoms. The van der Waals surface area contributed by atoms with E-state index in [2.05, 4.69) is 48.3 Å². The van der Waals surface area contributed by atoms with Gasteiger partial charge in [0.25, 0.3) is 0 Å². The minimum atomic E-state index is 0.396. The predicted octanol–water partition coefficient (Wildman–Crippen LogP) is 2.72. The van der Waals surface area contributed by atoms with Crippen molar-refractivity contribution < 1.29 is 4.74 Å². The van der Waals surface area contributed by atoms with E-state index in [9.17, 15) is 0 Å².